The summed E-state index contributed by atoms with van der Waals surface area (Å²) in [5.74, 6) is -1.69. The zero-order chi connectivity index (χ0) is 11.5. The Balaban J connectivity index is 4.85. The summed E-state index contributed by atoms with van der Waals surface area (Å²) >= 11 is 0. The SMILES string of the molecule is C[C@@H](C(O[N+](=O)[O-])C(=O)O)S(C)(=O)=O. The Morgan fingerprint density at radius 1 is 1.57 bits per heavy atom. The minimum atomic E-state index is -3.70. The highest BCUT2D eigenvalue weighted by atomic mass is 32.2. The molecule has 0 aromatic carbocycles. The van der Waals surface area contributed by atoms with E-state index in [1.54, 1.807) is 0 Å². The molecule has 0 amide bonds. The summed E-state index contributed by atoms with van der Waals surface area (Å²) in [6.45, 7) is 1.03. The number of sulfone groups is 1. The topological polar surface area (TPSA) is 124 Å². The van der Waals surface area contributed by atoms with E-state index in [1.165, 1.54) is 0 Å². The van der Waals surface area contributed by atoms with Gasteiger partial charge in [-0.05, 0) is 6.92 Å². The molecule has 1 N–H and O–H groups in total. The molecule has 0 heterocycles. The molecule has 0 aromatic rings. The molecule has 0 rings (SSSR count). The van der Waals surface area contributed by atoms with Gasteiger partial charge >= 0.3 is 5.97 Å². The van der Waals surface area contributed by atoms with Crippen molar-refractivity contribution in [3.05, 3.63) is 10.1 Å². The molecule has 1 unspecified atom stereocenters. The number of carbonyl (C=O) groups is 1. The fraction of sp³-hybridized carbons (Fsp3) is 0.800. The van der Waals surface area contributed by atoms with Crippen LogP contribution < -0.4 is 0 Å². The lowest BCUT2D eigenvalue weighted by atomic mass is 10.3. The van der Waals surface area contributed by atoms with Crippen molar-refractivity contribution in [1.82, 2.24) is 0 Å². The average Bonchev–Trinajstić information content (AvgIpc) is 1.96. The van der Waals surface area contributed by atoms with Gasteiger partial charge in [-0.25, -0.2) is 13.2 Å². The first-order valence-electron chi connectivity index (χ1n) is 3.39. The Kier molecular flexibility index (Phi) is 3.81. The molecular weight excluding hydrogens is 218 g/mol. The molecule has 82 valence electrons. The fourth-order valence-electron chi connectivity index (χ4n) is 0.649. The van der Waals surface area contributed by atoms with E-state index >= 15 is 0 Å². The zero-order valence-corrected chi connectivity index (χ0v) is 8.22. The molecule has 2 atom stereocenters. The monoisotopic (exact) mass is 227 g/mol. The van der Waals surface area contributed by atoms with Crippen molar-refractivity contribution in [3.8, 4) is 0 Å². The van der Waals surface area contributed by atoms with Crippen LogP contribution in [0, 0.1) is 10.1 Å². The smallest absolute Gasteiger partial charge is 0.334 e. The molecule has 14 heavy (non-hydrogen) atoms. The van der Waals surface area contributed by atoms with E-state index in [4.69, 9.17) is 5.11 Å². The van der Waals surface area contributed by atoms with E-state index in [1.807, 2.05) is 0 Å². The highest BCUT2D eigenvalue weighted by molar-refractivity contribution is 7.91. The van der Waals surface area contributed by atoms with E-state index in [0.717, 1.165) is 13.2 Å². The van der Waals surface area contributed by atoms with Gasteiger partial charge in [0, 0.05) is 6.26 Å². The molecule has 9 heteroatoms. The number of rotatable bonds is 5. The van der Waals surface area contributed by atoms with Gasteiger partial charge in [0.2, 0.25) is 6.10 Å². The highest BCUT2D eigenvalue weighted by Gasteiger charge is 2.35. The third-order valence-electron chi connectivity index (χ3n) is 1.54. The molecule has 0 bridgehead atoms. The Hall–Kier alpha value is -1.38. The van der Waals surface area contributed by atoms with E-state index in [0.29, 0.717) is 0 Å². The van der Waals surface area contributed by atoms with Crippen LogP contribution in [0.1, 0.15) is 6.92 Å². The van der Waals surface area contributed by atoms with Crippen molar-refractivity contribution in [3.63, 3.8) is 0 Å². The molecule has 0 aliphatic carbocycles. The Morgan fingerprint density at radius 3 is 2.21 bits per heavy atom. The molecule has 8 nitrogen and oxygen atoms in total. The maximum absolute atomic E-state index is 10.9. The molecular formula is C5H9NO7S. The van der Waals surface area contributed by atoms with Crippen molar-refractivity contribution in [2.75, 3.05) is 6.26 Å². The lowest BCUT2D eigenvalue weighted by molar-refractivity contribution is -0.764. The van der Waals surface area contributed by atoms with E-state index < -0.39 is 32.2 Å². The van der Waals surface area contributed by atoms with Gasteiger partial charge in [0.1, 0.15) is 0 Å². The molecule has 0 saturated carbocycles. The lowest BCUT2D eigenvalue weighted by Gasteiger charge is -2.15. The summed E-state index contributed by atoms with van der Waals surface area (Å²) in [5.41, 5.74) is 0. The number of hydrogen-bond acceptors (Lipinski definition) is 6. The van der Waals surface area contributed by atoms with Crippen molar-refractivity contribution < 1.29 is 28.2 Å². The Bertz CT molecular complexity index is 334. The summed E-state index contributed by atoms with van der Waals surface area (Å²) in [6.07, 6.45) is -1.23. The second-order valence-electron chi connectivity index (χ2n) is 2.62. The van der Waals surface area contributed by atoms with Gasteiger partial charge in [0.15, 0.2) is 9.84 Å². The minimum Gasteiger partial charge on any atom is -0.480 e. The number of hydrogen-bond donors (Lipinski definition) is 1. The largest absolute Gasteiger partial charge is 0.480 e. The lowest BCUT2D eigenvalue weighted by Crippen LogP contribution is -2.40. The van der Waals surface area contributed by atoms with Gasteiger partial charge in [-0.2, -0.15) is 0 Å². The fourth-order valence-corrected chi connectivity index (χ4v) is 1.26. The first-order valence-corrected chi connectivity index (χ1v) is 5.34. The van der Waals surface area contributed by atoms with Crippen LogP contribution in [-0.2, 0) is 19.5 Å². The maximum atomic E-state index is 10.9. The van der Waals surface area contributed by atoms with Gasteiger partial charge in [0.25, 0.3) is 5.09 Å². The number of aliphatic carboxylic acids is 1. The van der Waals surface area contributed by atoms with Gasteiger partial charge < -0.3 is 5.11 Å². The van der Waals surface area contributed by atoms with Gasteiger partial charge in [-0.3, -0.25) is 4.84 Å². The van der Waals surface area contributed by atoms with Crippen LogP contribution in [-0.4, -0.2) is 42.2 Å². The van der Waals surface area contributed by atoms with Crippen LogP contribution in [0.25, 0.3) is 0 Å². The predicted molar refractivity (Wildman–Crippen MR) is 43.8 cm³/mol. The number of carboxylic acid groups (broad SMARTS) is 1. The van der Waals surface area contributed by atoms with Gasteiger partial charge in [0.05, 0.1) is 5.25 Å². The third kappa shape index (κ3) is 3.56. The van der Waals surface area contributed by atoms with Crippen LogP contribution in [0.4, 0.5) is 0 Å². The van der Waals surface area contributed by atoms with E-state index in [9.17, 15) is 23.3 Å². The maximum Gasteiger partial charge on any atom is 0.334 e. The van der Waals surface area contributed by atoms with Crippen LogP contribution in [0.5, 0.6) is 0 Å². The molecule has 0 radical (unpaired) electrons. The molecule has 0 fully saturated rings. The van der Waals surface area contributed by atoms with Crippen LogP contribution in [0.2, 0.25) is 0 Å². The second-order valence-corrected chi connectivity index (χ2v) is 5.03. The van der Waals surface area contributed by atoms with Crippen molar-refractivity contribution >= 4 is 15.8 Å². The summed E-state index contributed by atoms with van der Waals surface area (Å²) in [5, 5.41) is 15.5. The molecule has 0 aliphatic rings. The van der Waals surface area contributed by atoms with Crippen molar-refractivity contribution in [2.24, 2.45) is 0 Å². The molecule has 0 aromatic heterocycles. The zero-order valence-electron chi connectivity index (χ0n) is 7.41. The van der Waals surface area contributed by atoms with Crippen molar-refractivity contribution in [2.45, 2.75) is 18.3 Å². The van der Waals surface area contributed by atoms with Gasteiger partial charge in [-0.15, -0.1) is 10.1 Å². The van der Waals surface area contributed by atoms with Crippen LogP contribution >= 0.6 is 0 Å². The van der Waals surface area contributed by atoms with Crippen LogP contribution in [0.15, 0.2) is 0 Å². The Morgan fingerprint density at radius 2 is 2.00 bits per heavy atom. The molecule has 0 aliphatic heterocycles. The molecule has 0 saturated heterocycles. The first-order chi connectivity index (χ1) is 6.16. The Labute approximate surface area is 79.5 Å². The highest BCUT2D eigenvalue weighted by Crippen LogP contribution is 2.08. The van der Waals surface area contributed by atoms with Gasteiger partial charge in [-0.1, -0.05) is 0 Å². The minimum absolute atomic E-state index is 0.775. The van der Waals surface area contributed by atoms with Crippen molar-refractivity contribution in [1.29, 1.82) is 0 Å². The summed E-state index contributed by atoms with van der Waals surface area (Å²) < 4.78 is 21.8. The average molecular weight is 227 g/mol. The summed E-state index contributed by atoms with van der Waals surface area (Å²) in [7, 11) is -3.70. The third-order valence-corrected chi connectivity index (χ3v) is 3.14. The second kappa shape index (κ2) is 4.22. The van der Waals surface area contributed by atoms with E-state index in [2.05, 4.69) is 4.84 Å². The number of nitrogens with zero attached hydrogens (tertiary/aromatic N) is 1. The quantitative estimate of drug-likeness (QED) is 0.475. The predicted octanol–water partition coefficient (Wildman–Crippen LogP) is -0.919. The van der Waals surface area contributed by atoms with E-state index in [-0.39, 0.29) is 0 Å². The molecule has 0 spiro atoms. The summed E-state index contributed by atoms with van der Waals surface area (Å²) in [4.78, 5) is 24.0. The first kappa shape index (κ1) is 12.6. The number of carboxylic acids is 1. The standard InChI is InChI=1S/C5H9NO7S/c1-3(14(2,11)12)4(5(7)8)13-6(9)10/h3-4H,1-2H3,(H,7,8)/t3-,4?/m0/s1. The van der Waals surface area contributed by atoms with Crippen LogP contribution in [0.3, 0.4) is 0 Å². The summed E-state index contributed by atoms with van der Waals surface area (Å²) in [6, 6.07) is 0. The normalized spacial score (nSPS) is 15.6.